The largest absolute Gasteiger partial charge is 0.505 e. The van der Waals surface area contributed by atoms with Crippen molar-refractivity contribution < 1.29 is 24.5 Å². The summed E-state index contributed by atoms with van der Waals surface area (Å²) in [7, 11) is 0. The first-order valence-corrected chi connectivity index (χ1v) is 9.48. The molecule has 0 spiro atoms. The third kappa shape index (κ3) is 4.73. The van der Waals surface area contributed by atoms with Gasteiger partial charge in [0.25, 0.3) is 5.91 Å². The van der Waals surface area contributed by atoms with Crippen molar-refractivity contribution >= 4 is 22.6 Å². The minimum atomic E-state index is -1.20. The highest BCUT2D eigenvalue weighted by Gasteiger charge is 2.29. The molecule has 0 aliphatic rings. The fraction of sp³-hybridized carbons (Fsp3) is 0.217. The smallest absolute Gasteiger partial charge is 0.310 e. The number of aromatic hydroxyl groups is 1. The molecular formula is C23H21N3O5. The van der Waals surface area contributed by atoms with Crippen LogP contribution in [0.2, 0.25) is 0 Å². The lowest BCUT2D eigenvalue weighted by Crippen LogP contribution is -2.39. The van der Waals surface area contributed by atoms with Crippen LogP contribution in [0.15, 0.2) is 48.5 Å². The number of nitrogens with one attached hydrogen (secondary N) is 1. The molecule has 0 fully saturated rings. The number of nitrogens with zero attached hydrogens (tertiary/aromatic N) is 2. The third-order valence-corrected chi connectivity index (χ3v) is 4.79. The van der Waals surface area contributed by atoms with Gasteiger partial charge >= 0.3 is 5.97 Å². The van der Waals surface area contributed by atoms with Gasteiger partial charge in [-0.2, -0.15) is 5.26 Å². The van der Waals surface area contributed by atoms with Crippen LogP contribution < -0.4 is 10.1 Å². The van der Waals surface area contributed by atoms with Crippen LogP contribution in [-0.4, -0.2) is 33.6 Å². The number of carbonyl (C=O) groups is 2. The predicted octanol–water partition coefficient (Wildman–Crippen LogP) is 3.23. The molecule has 3 aromatic rings. The van der Waals surface area contributed by atoms with Crippen molar-refractivity contribution in [2.75, 3.05) is 6.54 Å². The molecule has 0 unspecified atom stereocenters. The minimum absolute atomic E-state index is 0.0550. The molecule has 158 valence electrons. The highest BCUT2D eigenvalue weighted by molar-refractivity contribution is 6.03. The number of amides is 1. The number of aliphatic carboxylic acids is 1. The Morgan fingerprint density at radius 3 is 2.52 bits per heavy atom. The highest BCUT2D eigenvalue weighted by atomic mass is 16.5. The topological polar surface area (TPSA) is 133 Å². The van der Waals surface area contributed by atoms with E-state index in [4.69, 9.17) is 4.74 Å². The number of pyridine rings is 1. The van der Waals surface area contributed by atoms with E-state index >= 15 is 0 Å². The lowest BCUT2D eigenvalue weighted by Gasteiger charge is -2.19. The van der Waals surface area contributed by atoms with Gasteiger partial charge in [-0.3, -0.25) is 9.59 Å². The molecule has 2 aromatic carbocycles. The van der Waals surface area contributed by atoms with Gasteiger partial charge in [0.1, 0.15) is 24.1 Å². The molecule has 1 heterocycles. The predicted molar refractivity (Wildman–Crippen MR) is 113 cm³/mol. The molecule has 31 heavy (non-hydrogen) atoms. The van der Waals surface area contributed by atoms with E-state index in [1.165, 1.54) is 13.8 Å². The van der Waals surface area contributed by atoms with Crippen LogP contribution in [0.25, 0.3) is 10.8 Å². The average Bonchev–Trinajstić information content (AvgIpc) is 2.77. The molecule has 0 atom stereocenters. The number of hydrogen-bond acceptors (Lipinski definition) is 6. The maximum absolute atomic E-state index is 12.5. The number of nitriles is 1. The summed E-state index contributed by atoms with van der Waals surface area (Å²) in [6.45, 7) is 3.07. The van der Waals surface area contributed by atoms with Crippen LogP contribution in [0.3, 0.4) is 0 Å². The SMILES string of the molecule is CC(C)(CNC(=O)c1nc(C#N)c2cc(OCc3ccccc3)ccc2c1O)C(=O)O. The van der Waals surface area contributed by atoms with Gasteiger partial charge in [-0.15, -0.1) is 0 Å². The van der Waals surface area contributed by atoms with E-state index in [1.807, 2.05) is 36.4 Å². The van der Waals surface area contributed by atoms with Gasteiger partial charge in [0.05, 0.1) is 5.41 Å². The first kappa shape index (κ1) is 21.6. The Hall–Kier alpha value is -4.12. The number of fused-ring (bicyclic) bond motifs is 1. The number of carboxylic acids is 1. The van der Waals surface area contributed by atoms with Crippen LogP contribution in [0.1, 0.15) is 35.6 Å². The maximum Gasteiger partial charge on any atom is 0.310 e. The second kappa shape index (κ2) is 8.71. The maximum atomic E-state index is 12.5. The summed E-state index contributed by atoms with van der Waals surface area (Å²) >= 11 is 0. The van der Waals surface area contributed by atoms with Crippen LogP contribution in [0, 0.1) is 16.7 Å². The van der Waals surface area contributed by atoms with Gasteiger partial charge in [0, 0.05) is 17.3 Å². The molecular weight excluding hydrogens is 398 g/mol. The number of rotatable bonds is 7. The molecule has 0 saturated carbocycles. The fourth-order valence-corrected chi connectivity index (χ4v) is 2.81. The quantitative estimate of drug-likeness (QED) is 0.535. The van der Waals surface area contributed by atoms with E-state index < -0.39 is 23.0 Å². The molecule has 8 heteroatoms. The van der Waals surface area contributed by atoms with Gasteiger partial charge in [-0.05, 0) is 37.6 Å². The second-order valence-corrected chi connectivity index (χ2v) is 7.62. The summed E-state index contributed by atoms with van der Waals surface area (Å²) in [6.07, 6.45) is 0. The van der Waals surface area contributed by atoms with Crippen molar-refractivity contribution in [3.05, 3.63) is 65.5 Å². The Kier molecular flexibility index (Phi) is 6.07. The van der Waals surface area contributed by atoms with E-state index in [2.05, 4.69) is 10.3 Å². The molecule has 0 aliphatic heterocycles. The van der Waals surface area contributed by atoms with E-state index in [-0.39, 0.29) is 23.3 Å². The fourth-order valence-electron chi connectivity index (χ4n) is 2.81. The first-order chi connectivity index (χ1) is 14.7. The molecule has 1 amide bonds. The summed E-state index contributed by atoms with van der Waals surface area (Å²) in [5, 5.41) is 32.3. The summed E-state index contributed by atoms with van der Waals surface area (Å²) in [6, 6.07) is 16.2. The van der Waals surface area contributed by atoms with Crippen molar-refractivity contribution in [3.8, 4) is 17.6 Å². The van der Waals surface area contributed by atoms with Crippen LogP contribution in [-0.2, 0) is 11.4 Å². The van der Waals surface area contributed by atoms with Crippen LogP contribution >= 0.6 is 0 Å². The van der Waals surface area contributed by atoms with Crippen LogP contribution in [0.5, 0.6) is 11.5 Å². The summed E-state index contributed by atoms with van der Waals surface area (Å²) in [4.78, 5) is 27.7. The van der Waals surface area contributed by atoms with Crippen molar-refractivity contribution in [1.29, 1.82) is 5.26 Å². The third-order valence-electron chi connectivity index (χ3n) is 4.79. The molecule has 3 N–H and O–H groups in total. The Bertz CT molecular complexity index is 1180. The lowest BCUT2D eigenvalue weighted by atomic mass is 9.94. The molecule has 0 aliphatic carbocycles. The Labute approximate surface area is 178 Å². The van der Waals surface area contributed by atoms with Crippen LogP contribution in [0.4, 0.5) is 0 Å². The molecule has 8 nitrogen and oxygen atoms in total. The normalized spacial score (nSPS) is 11.0. The number of benzene rings is 2. The first-order valence-electron chi connectivity index (χ1n) is 9.48. The number of ether oxygens (including phenoxy) is 1. The number of carboxylic acid groups (broad SMARTS) is 1. The zero-order valence-corrected chi connectivity index (χ0v) is 17.0. The van der Waals surface area contributed by atoms with E-state index in [9.17, 15) is 25.1 Å². The van der Waals surface area contributed by atoms with Gasteiger partial charge in [-0.25, -0.2) is 4.98 Å². The zero-order chi connectivity index (χ0) is 22.6. The monoisotopic (exact) mass is 419 g/mol. The summed E-state index contributed by atoms with van der Waals surface area (Å²) < 4.78 is 5.76. The van der Waals surface area contributed by atoms with Gasteiger partial charge in [0.2, 0.25) is 0 Å². The molecule has 0 radical (unpaired) electrons. The van der Waals surface area contributed by atoms with Crippen molar-refractivity contribution in [2.24, 2.45) is 5.41 Å². The van der Waals surface area contributed by atoms with Crippen molar-refractivity contribution in [2.45, 2.75) is 20.5 Å². The Morgan fingerprint density at radius 2 is 1.87 bits per heavy atom. The average molecular weight is 419 g/mol. The highest BCUT2D eigenvalue weighted by Crippen LogP contribution is 2.32. The lowest BCUT2D eigenvalue weighted by molar-refractivity contribution is -0.146. The van der Waals surface area contributed by atoms with E-state index in [1.54, 1.807) is 18.2 Å². The Morgan fingerprint density at radius 1 is 1.16 bits per heavy atom. The minimum Gasteiger partial charge on any atom is -0.505 e. The molecule has 0 bridgehead atoms. The number of aromatic nitrogens is 1. The van der Waals surface area contributed by atoms with Gasteiger partial charge in [0.15, 0.2) is 11.4 Å². The van der Waals surface area contributed by atoms with E-state index in [0.29, 0.717) is 17.7 Å². The standard InChI is InChI=1S/C23H21N3O5/c1-23(2,22(29)30)13-25-21(28)19-20(27)16-9-8-15(10-17(16)18(11-24)26-19)31-12-14-6-4-3-5-7-14/h3-10,27H,12-13H2,1-2H3,(H,25,28)(H,29,30). The second-order valence-electron chi connectivity index (χ2n) is 7.62. The number of carbonyl (C=O) groups excluding carboxylic acids is 1. The summed E-state index contributed by atoms with van der Waals surface area (Å²) in [5.74, 6) is -1.76. The van der Waals surface area contributed by atoms with Crippen molar-refractivity contribution in [3.63, 3.8) is 0 Å². The molecule has 1 aromatic heterocycles. The van der Waals surface area contributed by atoms with E-state index in [0.717, 1.165) is 5.56 Å². The molecule has 0 saturated heterocycles. The zero-order valence-electron chi connectivity index (χ0n) is 17.0. The van der Waals surface area contributed by atoms with Gasteiger partial charge < -0.3 is 20.3 Å². The molecule has 3 rings (SSSR count). The summed E-state index contributed by atoms with van der Waals surface area (Å²) in [5.41, 5.74) is -0.630. The van der Waals surface area contributed by atoms with Crippen molar-refractivity contribution in [1.82, 2.24) is 10.3 Å². The number of hydrogen-bond donors (Lipinski definition) is 3. The van der Waals surface area contributed by atoms with Gasteiger partial charge in [-0.1, -0.05) is 30.3 Å². The Balaban J connectivity index is 1.89.